The molecule has 0 bridgehead atoms. The smallest absolute Gasteiger partial charge is 0.246 e. The molecule has 190 valence electrons. The highest BCUT2D eigenvalue weighted by Gasteiger charge is 2.69. The number of Topliss-reactive ketones (excluding diaryl/α,β-unsaturated/α-hetero) is 1. The predicted molar refractivity (Wildman–Crippen MR) is 127 cm³/mol. The van der Waals surface area contributed by atoms with Crippen LogP contribution in [0.3, 0.4) is 0 Å². The number of halogens is 1. The molecule has 34 heavy (non-hydrogen) atoms. The topological polar surface area (TPSA) is 116 Å². The van der Waals surface area contributed by atoms with Crippen LogP contribution in [0.4, 0.5) is 0 Å². The van der Waals surface area contributed by atoms with Crippen molar-refractivity contribution in [3.8, 4) is 0 Å². The van der Waals surface area contributed by atoms with Crippen molar-refractivity contribution in [3.05, 3.63) is 0 Å². The van der Waals surface area contributed by atoms with E-state index in [0.29, 0.717) is 19.5 Å². The highest BCUT2D eigenvalue weighted by atomic mass is 35.5. The van der Waals surface area contributed by atoms with Crippen molar-refractivity contribution < 1.29 is 24.0 Å². The molecule has 4 amide bonds. The maximum atomic E-state index is 13.6. The highest BCUT2D eigenvalue weighted by Crippen LogP contribution is 2.65. The fraction of sp³-hybridized carbons (Fsp3) is 0.792. The van der Waals surface area contributed by atoms with Crippen molar-refractivity contribution >= 4 is 41.0 Å². The largest absolute Gasteiger partial charge is 0.356 e. The SMILES string of the molecule is CC(=O)N[C@H](C(=O)N1C[C@H]2[C@@H]([C@H]1C(=O)CN(C[C@@H]1CCNC1=O)C(=O)CCl)C2(C)C)C(C)(C)C. The van der Waals surface area contributed by atoms with E-state index in [9.17, 15) is 24.0 Å². The van der Waals surface area contributed by atoms with Crippen molar-refractivity contribution in [1.29, 1.82) is 0 Å². The first-order chi connectivity index (χ1) is 15.7. The van der Waals surface area contributed by atoms with Gasteiger partial charge in [-0.2, -0.15) is 0 Å². The van der Waals surface area contributed by atoms with Crippen molar-refractivity contribution in [1.82, 2.24) is 20.4 Å². The molecule has 2 aliphatic heterocycles. The molecule has 3 aliphatic rings. The summed E-state index contributed by atoms with van der Waals surface area (Å²) < 4.78 is 0. The quantitative estimate of drug-likeness (QED) is 0.482. The number of piperidine rings is 1. The van der Waals surface area contributed by atoms with Gasteiger partial charge >= 0.3 is 0 Å². The second-order valence-corrected chi connectivity index (χ2v) is 11.8. The summed E-state index contributed by atoms with van der Waals surface area (Å²) in [5, 5.41) is 5.51. The van der Waals surface area contributed by atoms with Gasteiger partial charge in [0.2, 0.25) is 23.6 Å². The molecule has 3 fully saturated rings. The van der Waals surface area contributed by atoms with Gasteiger partial charge in [-0.25, -0.2) is 0 Å². The van der Waals surface area contributed by atoms with Crippen LogP contribution < -0.4 is 10.6 Å². The Bertz CT molecular complexity index is 883. The van der Waals surface area contributed by atoms with Gasteiger partial charge in [0, 0.05) is 26.6 Å². The summed E-state index contributed by atoms with van der Waals surface area (Å²) in [7, 11) is 0. The minimum absolute atomic E-state index is 0.00960. The molecule has 0 aromatic heterocycles. The predicted octanol–water partition coefficient (Wildman–Crippen LogP) is 0.793. The van der Waals surface area contributed by atoms with Gasteiger partial charge in [0.05, 0.1) is 18.5 Å². The Morgan fingerprint density at radius 2 is 1.91 bits per heavy atom. The summed E-state index contributed by atoms with van der Waals surface area (Å²) in [6.45, 7) is 12.1. The average Bonchev–Trinajstić information content (AvgIpc) is 3.10. The third-order valence-electron chi connectivity index (χ3n) is 7.70. The number of ketones is 1. The number of alkyl halides is 1. The lowest BCUT2D eigenvalue weighted by Crippen LogP contribution is -2.58. The minimum atomic E-state index is -0.774. The molecule has 0 aromatic rings. The first-order valence-corrected chi connectivity index (χ1v) is 12.4. The molecule has 0 aromatic carbocycles. The Balaban J connectivity index is 1.83. The van der Waals surface area contributed by atoms with Crippen LogP contribution in [0, 0.1) is 28.6 Å². The first kappa shape index (κ1) is 26.4. The summed E-state index contributed by atoms with van der Waals surface area (Å²) in [5.74, 6) is -1.88. The lowest BCUT2D eigenvalue weighted by atomic mass is 9.85. The Morgan fingerprint density at radius 1 is 1.26 bits per heavy atom. The number of amides is 4. The number of nitrogens with one attached hydrogen (secondary N) is 2. The highest BCUT2D eigenvalue weighted by molar-refractivity contribution is 6.27. The summed E-state index contributed by atoms with van der Waals surface area (Å²) in [5.41, 5.74) is -0.635. The maximum Gasteiger partial charge on any atom is 0.246 e. The number of nitrogens with zero attached hydrogens (tertiary/aromatic N) is 2. The van der Waals surface area contributed by atoms with Gasteiger partial charge in [-0.1, -0.05) is 34.6 Å². The third kappa shape index (κ3) is 5.09. The van der Waals surface area contributed by atoms with E-state index in [1.54, 1.807) is 4.90 Å². The van der Waals surface area contributed by atoms with Crippen LogP contribution in [-0.4, -0.2) is 83.4 Å². The summed E-state index contributed by atoms with van der Waals surface area (Å²) in [4.78, 5) is 66.6. The molecule has 0 unspecified atom stereocenters. The van der Waals surface area contributed by atoms with Crippen molar-refractivity contribution in [2.45, 2.75) is 60.0 Å². The molecule has 1 aliphatic carbocycles. The Hall–Kier alpha value is -2.16. The van der Waals surface area contributed by atoms with Gasteiger partial charge in [-0.05, 0) is 29.1 Å². The number of carbonyl (C=O) groups excluding carboxylic acids is 5. The molecular weight excluding hydrogens is 460 g/mol. The molecule has 10 heteroatoms. The van der Waals surface area contributed by atoms with E-state index in [4.69, 9.17) is 11.6 Å². The van der Waals surface area contributed by atoms with E-state index in [1.807, 2.05) is 20.8 Å². The van der Waals surface area contributed by atoms with Crippen molar-refractivity contribution in [2.24, 2.45) is 28.6 Å². The molecule has 2 saturated heterocycles. The van der Waals surface area contributed by atoms with E-state index in [2.05, 4.69) is 24.5 Å². The molecular formula is C24H37ClN4O5. The van der Waals surface area contributed by atoms with Gasteiger partial charge in [-0.3, -0.25) is 24.0 Å². The molecule has 5 atom stereocenters. The van der Waals surface area contributed by atoms with Crippen molar-refractivity contribution in [3.63, 3.8) is 0 Å². The third-order valence-corrected chi connectivity index (χ3v) is 7.93. The van der Waals surface area contributed by atoms with Crippen LogP contribution in [-0.2, 0) is 24.0 Å². The van der Waals surface area contributed by atoms with Crippen LogP contribution in [0.5, 0.6) is 0 Å². The van der Waals surface area contributed by atoms with E-state index in [0.717, 1.165) is 0 Å². The monoisotopic (exact) mass is 496 g/mol. The number of rotatable bonds is 8. The second kappa shape index (κ2) is 9.47. The molecule has 1 saturated carbocycles. The fourth-order valence-electron chi connectivity index (χ4n) is 5.61. The zero-order valence-corrected chi connectivity index (χ0v) is 21.7. The Kier molecular flexibility index (Phi) is 7.37. The normalized spacial score (nSPS) is 28.1. The number of carbonyl (C=O) groups is 5. The van der Waals surface area contributed by atoms with E-state index >= 15 is 0 Å². The van der Waals surface area contributed by atoms with Gasteiger partial charge in [0.1, 0.15) is 11.9 Å². The van der Waals surface area contributed by atoms with Gasteiger partial charge in [-0.15, -0.1) is 11.6 Å². The van der Waals surface area contributed by atoms with Crippen LogP contribution in [0.1, 0.15) is 48.0 Å². The lowest BCUT2D eigenvalue weighted by molar-refractivity contribution is -0.146. The average molecular weight is 497 g/mol. The number of likely N-dealkylation sites (tertiary alicyclic amines) is 1. The molecule has 9 nitrogen and oxygen atoms in total. The first-order valence-electron chi connectivity index (χ1n) is 11.9. The summed E-state index contributed by atoms with van der Waals surface area (Å²) in [6.07, 6.45) is 0.592. The van der Waals surface area contributed by atoms with Gasteiger partial charge < -0.3 is 20.4 Å². The van der Waals surface area contributed by atoms with Crippen LogP contribution >= 0.6 is 11.6 Å². The Labute approximate surface area is 206 Å². The Morgan fingerprint density at radius 3 is 2.41 bits per heavy atom. The van der Waals surface area contributed by atoms with Crippen LogP contribution in [0.25, 0.3) is 0 Å². The molecule has 0 spiro atoms. The molecule has 0 radical (unpaired) electrons. The van der Waals surface area contributed by atoms with Crippen molar-refractivity contribution in [2.75, 3.05) is 32.1 Å². The zero-order chi connectivity index (χ0) is 25.6. The maximum absolute atomic E-state index is 13.6. The zero-order valence-electron chi connectivity index (χ0n) is 20.9. The standard InChI is InChI=1S/C24H37ClN4O5/c1-13(30)27-20(23(2,3)4)22(34)29-11-15-18(24(15,5)6)19(29)16(31)12-28(17(32)9-25)10-14-7-8-26-21(14)33/h14-15,18-20H,7-12H2,1-6H3,(H,26,33)(H,27,30)/t14-,15-,18-,19+,20+/m0/s1. The van der Waals surface area contributed by atoms with Gasteiger partial charge in [0.15, 0.2) is 5.78 Å². The summed E-state index contributed by atoms with van der Waals surface area (Å²) >= 11 is 5.81. The van der Waals surface area contributed by atoms with Gasteiger partial charge in [0.25, 0.3) is 0 Å². The molecule has 2 N–H and O–H groups in total. The minimum Gasteiger partial charge on any atom is -0.356 e. The van der Waals surface area contributed by atoms with E-state index in [1.165, 1.54) is 11.8 Å². The van der Waals surface area contributed by atoms with Crippen LogP contribution in [0.2, 0.25) is 0 Å². The fourth-order valence-corrected chi connectivity index (χ4v) is 5.78. The number of hydrogen-bond donors (Lipinski definition) is 2. The number of fused-ring (bicyclic) bond motifs is 1. The molecule has 3 rings (SSSR count). The number of hydrogen-bond acceptors (Lipinski definition) is 5. The van der Waals surface area contributed by atoms with E-state index < -0.39 is 23.4 Å². The van der Waals surface area contributed by atoms with Crippen LogP contribution in [0.15, 0.2) is 0 Å². The summed E-state index contributed by atoms with van der Waals surface area (Å²) in [6, 6.07) is -1.46. The lowest BCUT2D eigenvalue weighted by Gasteiger charge is -2.38. The second-order valence-electron chi connectivity index (χ2n) is 11.5. The van der Waals surface area contributed by atoms with E-state index in [-0.39, 0.29) is 65.6 Å². The molecule has 2 heterocycles.